The van der Waals surface area contributed by atoms with Crippen molar-refractivity contribution in [1.82, 2.24) is 0 Å². The number of hydrogen-bond acceptors (Lipinski definition) is 2. The highest BCUT2D eigenvalue weighted by atomic mass is 28.4. The Bertz CT molecular complexity index is 502. The summed E-state index contributed by atoms with van der Waals surface area (Å²) in [5.41, 5.74) is 1.21. The minimum absolute atomic E-state index is 0.0501. The van der Waals surface area contributed by atoms with Crippen molar-refractivity contribution >= 4 is 14.1 Å². The van der Waals surface area contributed by atoms with Gasteiger partial charge in [0.2, 0.25) is 0 Å². The lowest BCUT2D eigenvalue weighted by molar-refractivity contribution is -0.121. The van der Waals surface area contributed by atoms with E-state index in [0.29, 0.717) is 5.78 Å². The van der Waals surface area contributed by atoms with Gasteiger partial charge in [-0.3, -0.25) is 4.79 Å². The summed E-state index contributed by atoms with van der Waals surface area (Å²) in [6.45, 7) is 11.4. The van der Waals surface area contributed by atoms with Crippen molar-refractivity contribution in [2.45, 2.75) is 70.7 Å². The number of hydrogen-bond donors (Lipinski definition) is 0. The fourth-order valence-corrected chi connectivity index (χ4v) is 4.15. The standard InChI is InChI=1S/C19H30O2Si/c1-19(2,3)22(4,5)21-18(15-10-7-6-8-11-15)14-16-12-9-13-17(16)20/h6-8,10-11,16,18H,9,12-14H2,1-5H3. The van der Waals surface area contributed by atoms with E-state index in [1.165, 1.54) is 5.56 Å². The Hall–Kier alpha value is -0.933. The Morgan fingerprint density at radius 1 is 1.23 bits per heavy atom. The van der Waals surface area contributed by atoms with Crippen molar-refractivity contribution in [2.75, 3.05) is 0 Å². The molecule has 1 aliphatic carbocycles. The molecule has 2 atom stereocenters. The summed E-state index contributed by atoms with van der Waals surface area (Å²) in [7, 11) is -1.86. The lowest BCUT2D eigenvalue weighted by Gasteiger charge is -2.40. The van der Waals surface area contributed by atoms with Crippen LogP contribution in [0.25, 0.3) is 0 Å². The lowest BCUT2D eigenvalue weighted by Crippen LogP contribution is -2.42. The SMILES string of the molecule is CC(C)(C)[Si](C)(C)OC(CC1CCCC1=O)c1ccccc1. The van der Waals surface area contributed by atoms with Gasteiger partial charge in [-0.15, -0.1) is 0 Å². The zero-order chi connectivity index (χ0) is 16.4. The molecule has 2 rings (SSSR count). The fraction of sp³-hybridized carbons (Fsp3) is 0.632. The van der Waals surface area contributed by atoms with E-state index in [1.807, 2.05) is 6.07 Å². The molecular weight excluding hydrogens is 288 g/mol. The lowest BCUT2D eigenvalue weighted by atomic mass is 9.95. The minimum Gasteiger partial charge on any atom is -0.410 e. The fourth-order valence-electron chi connectivity index (χ4n) is 2.85. The number of benzene rings is 1. The Labute approximate surface area is 136 Å². The van der Waals surface area contributed by atoms with Crippen LogP contribution < -0.4 is 0 Å². The third-order valence-corrected chi connectivity index (χ3v) is 9.83. The van der Waals surface area contributed by atoms with Crippen molar-refractivity contribution in [3.8, 4) is 0 Å². The first-order chi connectivity index (χ1) is 10.2. The maximum Gasteiger partial charge on any atom is 0.192 e. The molecule has 2 nitrogen and oxygen atoms in total. The summed E-state index contributed by atoms with van der Waals surface area (Å²) in [6, 6.07) is 10.4. The van der Waals surface area contributed by atoms with Gasteiger partial charge in [0, 0.05) is 12.3 Å². The van der Waals surface area contributed by atoms with Crippen molar-refractivity contribution in [1.29, 1.82) is 0 Å². The zero-order valence-corrected chi connectivity index (χ0v) is 15.7. The van der Waals surface area contributed by atoms with Gasteiger partial charge in [0.25, 0.3) is 0 Å². The number of rotatable bonds is 5. The molecule has 0 bridgehead atoms. The van der Waals surface area contributed by atoms with Gasteiger partial charge in [0.1, 0.15) is 5.78 Å². The van der Waals surface area contributed by atoms with Crippen LogP contribution >= 0.6 is 0 Å². The van der Waals surface area contributed by atoms with Gasteiger partial charge in [-0.25, -0.2) is 0 Å². The first kappa shape index (κ1) is 17.4. The van der Waals surface area contributed by atoms with Gasteiger partial charge in [0.15, 0.2) is 8.32 Å². The van der Waals surface area contributed by atoms with Gasteiger partial charge in [-0.05, 0) is 43.0 Å². The molecule has 1 aliphatic rings. The van der Waals surface area contributed by atoms with E-state index in [9.17, 15) is 4.79 Å². The van der Waals surface area contributed by atoms with Gasteiger partial charge < -0.3 is 4.43 Å². The van der Waals surface area contributed by atoms with Gasteiger partial charge in [-0.1, -0.05) is 51.1 Å². The van der Waals surface area contributed by atoms with E-state index in [4.69, 9.17) is 4.43 Å². The molecule has 1 aromatic rings. The molecule has 1 saturated carbocycles. The van der Waals surface area contributed by atoms with Gasteiger partial charge in [0.05, 0.1) is 6.10 Å². The summed E-state index contributed by atoms with van der Waals surface area (Å²) >= 11 is 0. The van der Waals surface area contributed by atoms with Crippen molar-refractivity contribution in [2.24, 2.45) is 5.92 Å². The van der Waals surface area contributed by atoms with E-state index in [2.05, 4.69) is 58.1 Å². The molecular formula is C19H30O2Si. The highest BCUT2D eigenvalue weighted by Crippen LogP contribution is 2.42. The van der Waals surface area contributed by atoms with Crippen LogP contribution in [0.2, 0.25) is 18.1 Å². The summed E-state index contributed by atoms with van der Waals surface area (Å²) in [6.07, 6.45) is 3.73. The van der Waals surface area contributed by atoms with Crippen LogP contribution in [-0.4, -0.2) is 14.1 Å². The number of ketones is 1. The zero-order valence-electron chi connectivity index (χ0n) is 14.7. The van der Waals surface area contributed by atoms with Crippen LogP contribution in [0.1, 0.15) is 58.1 Å². The molecule has 0 aromatic heterocycles. The second-order valence-corrected chi connectivity index (χ2v) is 12.8. The van der Waals surface area contributed by atoms with E-state index in [1.54, 1.807) is 0 Å². The molecule has 0 heterocycles. The van der Waals surface area contributed by atoms with Crippen LogP contribution in [0.15, 0.2) is 30.3 Å². The minimum atomic E-state index is -1.86. The molecule has 0 saturated heterocycles. The number of carbonyl (C=O) groups is 1. The van der Waals surface area contributed by atoms with Gasteiger partial charge >= 0.3 is 0 Å². The summed E-state index contributed by atoms with van der Waals surface area (Å²) < 4.78 is 6.69. The van der Waals surface area contributed by atoms with E-state index < -0.39 is 8.32 Å². The molecule has 2 unspecified atom stereocenters. The van der Waals surface area contributed by atoms with Crippen molar-refractivity contribution < 1.29 is 9.22 Å². The van der Waals surface area contributed by atoms with E-state index >= 15 is 0 Å². The summed E-state index contributed by atoms with van der Waals surface area (Å²) in [4.78, 5) is 12.1. The molecule has 0 amide bonds. The van der Waals surface area contributed by atoms with Crippen LogP contribution in [-0.2, 0) is 9.22 Å². The van der Waals surface area contributed by atoms with Crippen LogP contribution in [0.5, 0.6) is 0 Å². The smallest absolute Gasteiger partial charge is 0.192 e. The highest BCUT2D eigenvalue weighted by molar-refractivity contribution is 6.74. The summed E-state index contributed by atoms with van der Waals surface area (Å²) in [5.74, 6) is 0.620. The third kappa shape index (κ3) is 4.08. The third-order valence-electron chi connectivity index (χ3n) is 5.34. The molecule has 0 spiro atoms. The normalized spacial score (nSPS) is 21.1. The Morgan fingerprint density at radius 3 is 2.36 bits per heavy atom. The quantitative estimate of drug-likeness (QED) is 0.669. The molecule has 1 fully saturated rings. The Morgan fingerprint density at radius 2 is 1.86 bits per heavy atom. The van der Waals surface area contributed by atoms with Crippen LogP contribution in [0.4, 0.5) is 0 Å². The monoisotopic (exact) mass is 318 g/mol. The predicted molar refractivity (Wildman–Crippen MR) is 94.4 cm³/mol. The van der Waals surface area contributed by atoms with Crippen LogP contribution in [0.3, 0.4) is 0 Å². The second-order valence-electron chi connectivity index (χ2n) is 8.07. The molecule has 0 radical (unpaired) electrons. The molecule has 3 heteroatoms. The molecule has 122 valence electrons. The van der Waals surface area contributed by atoms with Crippen LogP contribution in [0, 0.1) is 5.92 Å². The van der Waals surface area contributed by atoms with E-state index in [-0.39, 0.29) is 17.1 Å². The van der Waals surface area contributed by atoms with E-state index in [0.717, 1.165) is 25.7 Å². The molecule has 1 aromatic carbocycles. The van der Waals surface area contributed by atoms with Gasteiger partial charge in [-0.2, -0.15) is 0 Å². The Kier molecular flexibility index (Phi) is 5.28. The molecule has 22 heavy (non-hydrogen) atoms. The maximum absolute atomic E-state index is 12.1. The Balaban J connectivity index is 2.20. The highest BCUT2D eigenvalue weighted by Gasteiger charge is 2.40. The molecule has 0 aliphatic heterocycles. The number of Topliss-reactive ketones (excluding diaryl/α,β-unsaturated/α-hetero) is 1. The topological polar surface area (TPSA) is 26.3 Å². The molecule has 0 N–H and O–H groups in total. The average molecular weight is 319 g/mol. The predicted octanol–water partition coefficient (Wildman–Crippen LogP) is 5.51. The largest absolute Gasteiger partial charge is 0.410 e. The van der Waals surface area contributed by atoms with Crippen molar-refractivity contribution in [3.05, 3.63) is 35.9 Å². The first-order valence-electron chi connectivity index (χ1n) is 8.46. The van der Waals surface area contributed by atoms with Crippen molar-refractivity contribution in [3.63, 3.8) is 0 Å². The number of carbonyl (C=O) groups excluding carboxylic acids is 1. The first-order valence-corrected chi connectivity index (χ1v) is 11.4. The maximum atomic E-state index is 12.1. The second kappa shape index (κ2) is 6.67. The summed E-state index contributed by atoms with van der Waals surface area (Å²) in [5, 5.41) is 0.180. The average Bonchev–Trinajstić information content (AvgIpc) is 2.83.